The molecule has 0 saturated carbocycles. The molecule has 0 heterocycles. The lowest BCUT2D eigenvalue weighted by Crippen LogP contribution is -2.26. The van der Waals surface area contributed by atoms with Crippen LogP contribution in [0.15, 0.2) is 237 Å². The second-order valence-corrected chi connectivity index (χ2v) is 16.8. The Morgan fingerprint density at radius 1 is 0.226 bits per heavy atom. The van der Waals surface area contributed by atoms with Crippen LogP contribution in [0.25, 0.3) is 76.8 Å². The molecule has 62 heavy (non-hydrogen) atoms. The predicted octanol–water partition coefficient (Wildman–Crippen LogP) is 16.3. The van der Waals surface area contributed by atoms with E-state index in [9.17, 15) is 0 Å². The topological polar surface area (TPSA) is 3.24 Å². The van der Waals surface area contributed by atoms with E-state index in [-0.39, 0.29) is 0 Å². The van der Waals surface area contributed by atoms with Crippen LogP contribution in [0.1, 0.15) is 22.3 Å². The third-order valence-corrected chi connectivity index (χ3v) is 13.7. The molecule has 0 aromatic heterocycles. The van der Waals surface area contributed by atoms with Gasteiger partial charge in [0.1, 0.15) is 0 Å². The molecule has 11 aromatic rings. The summed E-state index contributed by atoms with van der Waals surface area (Å²) in [6.45, 7) is 0. The van der Waals surface area contributed by atoms with Crippen molar-refractivity contribution in [2.75, 3.05) is 4.90 Å². The summed E-state index contributed by atoms with van der Waals surface area (Å²) in [5, 5.41) is 7.76. The first-order chi connectivity index (χ1) is 30.8. The molecular weight excluding hydrogens is 747 g/mol. The van der Waals surface area contributed by atoms with Crippen LogP contribution >= 0.6 is 0 Å². The van der Waals surface area contributed by atoms with Crippen LogP contribution in [0.5, 0.6) is 0 Å². The molecule has 0 N–H and O–H groups in total. The van der Waals surface area contributed by atoms with Crippen molar-refractivity contribution in [1.29, 1.82) is 0 Å². The number of hydrogen-bond acceptors (Lipinski definition) is 1. The zero-order chi connectivity index (χ0) is 40.8. The van der Waals surface area contributed by atoms with Crippen LogP contribution in [-0.2, 0) is 5.41 Å². The Morgan fingerprint density at radius 3 is 1.11 bits per heavy atom. The van der Waals surface area contributed by atoms with E-state index in [1.54, 1.807) is 0 Å². The van der Waals surface area contributed by atoms with Gasteiger partial charge < -0.3 is 4.90 Å². The summed E-state index contributed by atoms with van der Waals surface area (Å²) in [6.07, 6.45) is 0. The fourth-order valence-corrected chi connectivity index (χ4v) is 11.0. The molecule has 0 fully saturated rings. The first-order valence-electron chi connectivity index (χ1n) is 21.6. The van der Waals surface area contributed by atoms with Gasteiger partial charge in [0.05, 0.1) is 5.41 Å². The summed E-state index contributed by atoms with van der Waals surface area (Å²) in [6, 6.07) is 87.9. The number of rotatable bonds is 5. The molecule has 288 valence electrons. The predicted molar refractivity (Wildman–Crippen MR) is 261 cm³/mol. The minimum Gasteiger partial charge on any atom is -0.310 e. The third kappa shape index (κ3) is 4.97. The highest BCUT2D eigenvalue weighted by atomic mass is 15.1. The lowest BCUT2D eigenvalue weighted by Gasteiger charge is -2.32. The van der Waals surface area contributed by atoms with Crippen LogP contribution in [0.3, 0.4) is 0 Å². The highest BCUT2D eigenvalue weighted by Gasteiger charge is 2.52. The molecule has 1 heteroatoms. The molecule has 0 bridgehead atoms. The number of fused-ring (bicyclic) bond motifs is 16. The first kappa shape index (κ1) is 34.8. The minimum absolute atomic E-state index is 0.519. The number of hydrogen-bond donors (Lipinski definition) is 0. The van der Waals surface area contributed by atoms with E-state index in [2.05, 4.69) is 241 Å². The Bertz CT molecular complexity index is 3420. The molecule has 2 aliphatic carbocycles. The molecule has 0 radical (unpaired) electrons. The SMILES string of the molecule is c1ccc(-c2ccc(N(c3ccc(-c4ccccc4)cc3)c3ccc4c(c3)C3(c5ccccc5-c5ccccc53)c3cc5c6ccccc6c6ccccc6c5cc3-4)cc2)cc1. The summed E-state index contributed by atoms with van der Waals surface area (Å²) >= 11 is 0. The van der Waals surface area contributed by atoms with Crippen molar-refractivity contribution in [3.05, 3.63) is 259 Å². The van der Waals surface area contributed by atoms with Crippen LogP contribution < -0.4 is 4.90 Å². The van der Waals surface area contributed by atoms with Crippen LogP contribution in [0, 0.1) is 0 Å². The average Bonchev–Trinajstić information content (AvgIpc) is 3.81. The minimum atomic E-state index is -0.519. The van der Waals surface area contributed by atoms with Crippen molar-refractivity contribution in [1.82, 2.24) is 0 Å². The van der Waals surface area contributed by atoms with Gasteiger partial charge in [-0.05, 0) is 148 Å². The normalized spacial score (nSPS) is 13.0. The number of nitrogens with zero attached hydrogens (tertiary/aromatic N) is 1. The fraction of sp³-hybridized carbons (Fsp3) is 0.0164. The Labute approximate surface area is 361 Å². The summed E-state index contributed by atoms with van der Waals surface area (Å²) in [5.74, 6) is 0. The lowest BCUT2D eigenvalue weighted by atomic mass is 9.70. The van der Waals surface area contributed by atoms with Gasteiger partial charge in [-0.15, -0.1) is 0 Å². The maximum atomic E-state index is 2.56. The Balaban J connectivity index is 1.08. The van der Waals surface area contributed by atoms with Gasteiger partial charge >= 0.3 is 0 Å². The van der Waals surface area contributed by atoms with E-state index in [0.717, 1.165) is 17.1 Å². The average molecular weight is 786 g/mol. The zero-order valence-electron chi connectivity index (χ0n) is 34.0. The van der Waals surface area contributed by atoms with Crippen LogP contribution in [0.4, 0.5) is 17.1 Å². The maximum absolute atomic E-state index is 2.56. The molecule has 1 nitrogen and oxygen atoms in total. The molecule has 0 aliphatic heterocycles. The molecule has 0 atom stereocenters. The monoisotopic (exact) mass is 785 g/mol. The van der Waals surface area contributed by atoms with Crippen LogP contribution in [0.2, 0.25) is 0 Å². The largest absolute Gasteiger partial charge is 0.310 e. The van der Waals surface area contributed by atoms with Gasteiger partial charge in [-0.1, -0.05) is 188 Å². The zero-order valence-corrected chi connectivity index (χ0v) is 34.0. The third-order valence-electron chi connectivity index (χ3n) is 13.7. The first-order valence-corrected chi connectivity index (χ1v) is 21.6. The van der Waals surface area contributed by atoms with Gasteiger partial charge in [0.2, 0.25) is 0 Å². The van der Waals surface area contributed by atoms with Gasteiger partial charge in [0.25, 0.3) is 0 Å². The quantitative estimate of drug-likeness (QED) is 0.157. The standard InChI is InChI=1S/C61H39N/c1-3-15-40(16-4-1)42-27-31-44(32-28-42)62(45-33-29-43(30-34-45)41-17-5-2-6-18-41)46-35-36-53-56-38-54-49-21-9-7-19-47(49)48-20-8-10-22-50(48)55(54)39-60(56)61(59(53)37-46)57-25-13-11-23-51(57)52-24-12-14-26-58(52)61/h1-39H. The molecule has 0 saturated heterocycles. The van der Waals surface area contributed by atoms with Gasteiger partial charge in [0, 0.05) is 17.1 Å². The smallest absolute Gasteiger partial charge is 0.0726 e. The Kier molecular flexibility index (Phi) is 7.59. The van der Waals surface area contributed by atoms with Crippen molar-refractivity contribution in [2.24, 2.45) is 0 Å². The van der Waals surface area contributed by atoms with Crippen molar-refractivity contribution in [2.45, 2.75) is 5.41 Å². The van der Waals surface area contributed by atoms with E-state index < -0.39 is 5.41 Å². The van der Waals surface area contributed by atoms with Gasteiger partial charge in [0.15, 0.2) is 0 Å². The fourth-order valence-electron chi connectivity index (χ4n) is 11.0. The Morgan fingerprint density at radius 2 is 0.597 bits per heavy atom. The summed E-state index contributed by atoms with van der Waals surface area (Å²) in [5.41, 5.74) is 18.2. The summed E-state index contributed by atoms with van der Waals surface area (Å²) < 4.78 is 0. The van der Waals surface area contributed by atoms with Gasteiger partial charge in [-0.25, -0.2) is 0 Å². The number of benzene rings is 11. The maximum Gasteiger partial charge on any atom is 0.0726 e. The molecule has 0 unspecified atom stereocenters. The van der Waals surface area contributed by atoms with Gasteiger partial charge in [-0.2, -0.15) is 0 Å². The Hall–Kier alpha value is -8.00. The van der Waals surface area contributed by atoms with E-state index in [1.807, 2.05) is 0 Å². The van der Waals surface area contributed by atoms with E-state index in [4.69, 9.17) is 0 Å². The molecule has 0 amide bonds. The molecule has 13 rings (SSSR count). The van der Waals surface area contributed by atoms with Crippen molar-refractivity contribution >= 4 is 49.4 Å². The van der Waals surface area contributed by atoms with Crippen LogP contribution in [-0.4, -0.2) is 0 Å². The van der Waals surface area contributed by atoms with E-state index >= 15 is 0 Å². The van der Waals surface area contributed by atoms with E-state index in [1.165, 1.54) is 99.1 Å². The molecule has 11 aromatic carbocycles. The van der Waals surface area contributed by atoms with Crippen molar-refractivity contribution in [3.8, 4) is 44.5 Å². The summed E-state index contributed by atoms with van der Waals surface area (Å²) in [4.78, 5) is 2.44. The number of anilines is 3. The lowest BCUT2D eigenvalue weighted by molar-refractivity contribution is 0.795. The molecule has 2 aliphatic rings. The highest BCUT2D eigenvalue weighted by molar-refractivity contribution is 6.26. The van der Waals surface area contributed by atoms with E-state index in [0.29, 0.717) is 0 Å². The highest BCUT2D eigenvalue weighted by Crippen LogP contribution is 2.64. The molecular formula is C61H39N. The van der Waals surface area contributed by atoms with Crippen molar-refractivity contribution < 1.29 is 0 Å². The summed E-state index contributed by atoms with van der Waals surface area (Å²) in [7, 11) is 0. The second-order valence-electron chi connectivity index (χ2n) is 16.8. The molecule has 1 spiro atoms. The second kappa shape index (κ2) is 13.5. The van der Waals surface area contributed by atoms with Crippen molar-refractivity contribution in [3.63, 3.8) is 0 Å². The van der Waals surface area contributed by atoms with Gasteiger partial charge in [-0.3, -0.25) is 0 Å².